The first-order chi connectivity index (χ1) is 16.5. The van der Waals surface area contributed by atoms with Crippen molar-refractivity contribution in [3.05, 3.63) is 80.6 Å². The van der Waals surface area contributed by atoms with Crippen molar-refractivity contribution in [1.82, 2.24) is 14.7 Å². The van der Waals surface area contributed by atoms with Crippen LogP contribution in [0.15, 0.2) is 42.6 Å². The van der Waals surface area contributed by atoms with Gasteiger partial charge in [-0.2, -0.15) is 5.10 Å². The zero-order valence-electron chi connectivity index (χ0n) is 20.2. The molecule has 0 bridgehead atoms. The molecule has 35 heavy (non-hydrogen) atoms. The van der Waals surface area contributed by atoms with Gasteiger partial charge in [0.15, 0.2) is 0 Å². The summed E-state index contributed by atoms with van der Waals surface area (Å²) in [5, 5.41) is 8.32. The van der Waals surface area contributed by atoms with Gasteiger partial charge in [-0.05, 0) is 75.1 Å². The Bertz CT molecular complexity index is 1280. The van der Waals surface area contributed by atoms with Crippen molar-refractivity contribution in [1.29, 1.82) is 0 Å². The van der Waals surface area contributed by atoms with Crippen molar-refractivity contribution in [2.75, 3.05) is 11.9 Å². The van der Waals surface area contributed by atoms with E-state index in [-0.39, 0.29) is 12.0 Å². The Morgan fingerprint density at radius 3 is 2.57 bits per heavy atom. The summed E-state index contributed by atoms with van der Waals surface area (Å²) in [4.78, 5) is 27.1. The van der Waals surface area contributed by atoms with E-state index in [0.29, 0.717) is 47.4 Å². The molecule has 184 valence electrons. The third kappa shape index (κ3) is 5.97. The molecule has 0 unspecified atom stereocenters. The van der Waals surface area contributed by atoms with Gasteiger partial charge >= 0.3 is 6.09 Å². The van der Waals surface area contributed by atoms with Crippen LogP contribution >= 0.6 is 23.2 Å². The molecule has 4 rings (SSSR count). The Morgan fingerprint density at radius 1 is 1.09 bits per heavy atom. The molecule has 2 heterocycles. The number of aromatic nitrogens is 2. The fraction of sp³-hybridized carbons (Fsp3) is 0.346. The summed E-state index contributed by atoms with van der Waals surface area (Å²) in [5.74, 6) is -0.228. The van der Waals surface area contributed by atoms with Crippen molar-refractivity contribution in [2.45, 2.75) is 52.8 Å². The van der Waals surface area contributed by atoms with Crippen molar-refractivity contribution < 1.29 is 14.3 Å². The normalized spacial score (nSPS) is 13.4. The topological polar surface area (TPSA) is 76.5 Å². The van der Waals surface area contributed by atoms with Crippen molar-refractivity contribution in [3.8, 4) is 0 Å². The van der Waals surface area contributed by atoms with Gasteiger partial charge in [0.05, 0.1) is 28.4 Å². The summed E-state index contributed by atoms with van der Waals surface area (Å²) in [5.41, 5.74) is 4.52. The summed E-state index contributed by atoms with van der Waals surface area (Å²) in [6, 6.07) is 11.2. The number of anilines is 1. The largest absolute Gasteiger partial charge is 0.444 e. The molecule has 2 amide bonds. The van der Waals surface area contributed by atoms with Crippen molar-refractivity contribution in [2.24, 2.45) is 0 Å². The number of hydrogen-bond acceptors (Lipinski definition) is 4. The molecular formula is C26H28Cl2N4O3. The third-order valence-electron chi connectivity index (χ3n) is 5.79. The quantitative estimate of drug-likeness (QED) is 0.456. The number of halogens is 2. The van der Waals surface area contributed by atoms with E-state index in [1.165, 1.54) is 0 Å². The first kappa shape index (κ1) is 25.1. The molecule has 0 aliphatic carbocycles. The first-order valence-corrected chi connectivity index (χ1v) is 12.1. The zero-order valence-corrected chi connectivity index (χ0v) is 21.7. The molecule has 1 aromatic heterocycles. The Morgan fingerprint density at radius 2 is 1.86 bits per heavy atom. The number of carbonyl (C=O) groups excluding carboxylic acids is 2. The second kappa shape index (κ2) is 9.91. The summed E-state index contributed by atoms with van der Waals surface area (Å²) < 4.78 is 7.25. The second-order valence-electron chi connectivity index (χ2n) is 9.64. The number of rotatable bonds is 4. The molecule has 0 radical (unpaired) electrons. The van der Waals surface area contributed by atoms with E-state index in [9.17, 15) is 9.59 Å². The molecule has 1 aliphatic rings. The molecule has 3 aromatic rings. The van der Waals surface area contributed by atoms with Crippen LogP contribution in [0.25, 0.3) is 0 Å². The van der Waals surface area contributed by atoms with Crippen LogP contribution in [0.3, 0.4) is 0 Å². The predicted molar refractivity (Wildman–Crippen MR) is 137 cm³/mol. The lowest BCUT2D eigenvalue weighted by Crippen LogP contribution is -2.39. The van der Waals surface area contributed by atoms with E-state index >= 15 is 0 Å². The number of nitrogens with one attached hydrogen (secondary N) is 1. The second-order valence-corrected chi connectivity index (χ2v) is 10.5. The first-order valence-electron chi connectivity index (χ1n) is 11.4. The molecule has 2 aromatic carbocycles. The fourth-order valence-electron chi connectivity index (χ4n) is 3.95. The number of amides is 2. The van der Waals surface area contributed by atoms with Crippen LogP contribution in [0.5, 0.6) is 0 Å². The fourth-order valence-corrected chi connectivity index (χ4v) is 4.27. The molecule has 0 saturated carbocycles. The highest BCUT2D eigenvalue weighted by molar-refractivity contribution is 6.42. The Hall–Kier alpha value is -3.03. The standard InChI is InChI=1S/C26H28Cl2N4O3/c1-16-21(13-29-32(16)14-17-5-8-22(27)23(28)11-17)24(33)30-20-7-6-19-15-31(10-9-18(19)12-20)25(34)35-26(2,3)4/h5-8,11-13H,9-10,14-15H2,1-4H3,(H,30,33). The van der Waals surface area contributed by atoms with E-state index in [4.69, 9.17) is 27.9 Å². The number of ether oxygens (including phenoxy) is 1. The monoisotopic (exact) mass is 514 g/mol. The number of benzene rings is 2. The Labute approximate surface area is 215 Å². The minimum absolute atomic E-state index is 0.228. The van der Waals surface area contributed by atoms with E-state index < -0.39 is 5.60 Å². The average Bonchev–Trinajstić information content (AvgIpc) is 3.15. The Balaban J connectivity index is 1.42. The lowest BCUT2D eigenvalue weighted by molar-refractivity contribution is 0.0224. The van der Waals surface area contributed by atoms with E-state index in [1.54, 1.807) is 27.9 Å². The summed E-state index contributed by atoms with van der Waals surface area (Å²) >= 11 is 12.1. The van der Waals surface area contributed by atoms with Crippen molar-refractivity contribution in [3.63, 3.8) is 0 Å². The number of carbonyl (C=O) groups is 2. The lowest BCUT2D eigenvalue weighted by Gasteiger charge is -2.31. The number of hydrogen-bond donors (Lipinski definition) is 1. The molecule has 1 aliphatic heterocycles. The average molecular weight is 515 g/mol. The van der Waals surface area contributed by atoms with Gasteiger partial charge in [0, 0.05) is 24.5 Å². The molecule has 9 heteroatoms. The van der Waals surface area contributed by atoms with Gasteiger partial charge in [-0.15, -0.1) is 0 Å². The maximum atomic E-state index is 13.0. The maximum Gasteiger partial charge on any atom is 0.410 e. The van der Waals surface area contributed by atoms with Crippen LogP contribution < -0.4 is 5.32 Å². The molecule has 0 fully saturated rings. The van der Waals surface area contributed by atoms with Crippen LogP contribution in [-0.2, 0) is 24.2 Å². The molecule has 1 N–H and O–H groups in total. The minimum Gasteiger partial charge on any atom is -0.444 e. The van der Waals surface area contributed by atoms with Gasteiger partial charge in [-0.25, -0.2) is 4.79 Å². The van der Waals surface area contributed by atoms with E-state index in [1.807, 2.05) is 52.0 Å². The SMILES string of the molecule is Cc1c(C(=O)Nc2ccc3c(c2)CCN(C(=O)OC(C)(C)C)C3)cnn1Cc1ccc(Cl)c(Cl)c1. The van der Waals surface area contributed by atoms with Gasteiger partial charge in [0.2, 0.25) is 0 Å². The third-order valence-corrected chi connectivity index (χ3v) is 6.53. The molecular weight excluding hydrogens is 487 g/mol. The summed E-state index contributed by atoms with van der Waals surface area (Å²) in [6.07, 6.45) is 1.95. The molecule has 0 saturated heterocycles. The number of fused-ring (bicyclic) bond motifs is 1. The molecule has 7 nitrogen and oxygen atoms in total. The Kier molecular flexibility index (Phi) is 7.10. The lowest BCUT2D eigenvalue weighted by atomic mass is 9.99. The van der Waals surface area contributed by atoms with E-state index in [0.717, 1.165) is 22.4 Å². The van der Waals surface area contributed by atoms with Crippen LogP contribution in [0.1, 0.15) is 53.5 Å². The van der Waals surface area contributed by atoms with Crippen LogP contribution in [-0.4, -0.2) is 38.8 Å². The summed E-state index contributed by atoms with van der Waals surface area (Å²) in [7, 11) is 0. The van der Waals surface area contributed by atoms with Crippen LogP contribution in [0, 0.1) is 6.92 Å². The predicted octanol–water partition coefficient (Wildman–Crippen LogP) is 6.09. The molecule has 0 atom stereocenters. The zero-order chi connectivity index (χ0) is 25.3. The highest BCUT2D eigenvalue weighted by Crippen LogP contribution is 2.26. The van der Waals surface area contributed by atoms with Crippen LogP contribution in [0.4, 0.5) is 10.5 Å². The van der Waals surface area contributed by atoms with Gasteiger partial charge < -0.3 is 15.0 Å². The maximum absolute atomic E-state index is 13.0. The van der Waals surface area contributed by atoms with Gasteiger partial charge in [0.1, 0.15) is 5.60 Å². The smallest absolute Gasteiger partial charge is 0.410 e. The highest BCUT2D eigenvalue weighted by Gasteiger charge is 2.26. The van der Waals surface area contributed by atoms with Crippen LogP contribution in [0.2, 0.25) is 10.0 Å². The molecule has 0 spiro atoms. The van der Waals surface area contributed by atoms with E-state index in [2.05, 4.69) is 10.4 Å². The summed E-state index contributed by atoms with van der Waals surface area (Å²) in [6.45, 7) is 8.96. The highest BCUT2D eigenvalue weighted by atomic mass is 35.5. The minimum atomic E-state index is -0.528. The van der Waals surface area contributed by atoms with Gasteiger partial charge in [-0.1, -0.05) is 35.3 Å². The number of nitrogens with zero attached hydrogens (tertiary/aromatic N) is 3. The van der Waals surface area contributed by atoms with Gasteiger partial charge in [-0.3, -0.25) is 9.48 Å². The van der Waals surface area contributed by atoms with Crippen molar-refractivity contribution >= 4 is 40.9 Å². The van der Waals surface area contributed by atoms with Gasteiger partial charge in [0.25, 0.3) is 5.91 Å².